The first-order valence-corrected chi connectivity index (χ1v) is 15.3. The quantitative estimate of drug-likeness (QED) is 0.275. The monoisotopic (exact) mass is 660 g/mol. The van der Waals surface area contributed by atoms with Gasteiger partial charge in [-0.15, -0.1) is 0 Å². The summed E-state index contributed by atoms with van der Waals surface area (Å²) < 4.78 is 58.5. The summed E-state index contributed by atoms with van der Waals surface area (Å²) in [5, 5.41) is 11.6. The second kappa shape index (κ2) is 16.1. The highest BCUT2D eigenvalue weighted by Gasteiger charge is 2.54. The van der Waals surface area contributed by atoms with Crippen LogP contribution in [0.4, 0.5) is 0 Å². The third-order valence-electron chi connectivity index (χ3n) is 7.82. The molecule has 3 aliphatic rings. The van der Waals surface area contributed by atoms with Gasteiger partial charge < -0.3 is 52.5 Å². The van der Waals surface area contributed by atoms with Gasteiger partial charge in [-0.25, -0.2) is 0 Å². The van der Waals surface area contributed by atoms with Crippen LogP contribution in [0.2, 0.25) is 0 Å². The molecule has 2 aromatic rings. The lowest BCUT2D eigenvalue weighted by Gasteiger charge is -2.48. The molecule has 0 saturated carbocycles. The van der Waals surface area contributed by atoms with E-state index in [1.165, 1.54) is 21.0 Å². The number of methoxy groups -OCH3 is 1. The van der Waals surface area contributed by atoms with E-state index in [0.29, 0.717) is 0 Å². The summed E-state index contributed by atoms with van der Waals surface area (Å²) in [7, 11) is 1.31. The van der Waals surface area contributed by atoms with Crippen molar-refractivity contribution in [1.29, 1.82) is 0 Å². The van der Waals surface area contributed by atoms with Gasteiger partial charge in [-0.3, -0.25) is 14.4 Å². The minimum Gasteiger partial charge on any atom is -0.456 e. The van der Waals surface area contributed by atoms with Crippen LogP contribution in [0.15, 0.2) is 60.7 Å². The number of ether oxygens (including phenoxy) is 10. The highest BCUT2D eigenvalue weighted by Crippen LogP contribution is 2.37. The van der Waals surface area contributed by atoms with Crippen molar-refractivity contribution in [3.8, 4) is 0 Å². The minimum absolute atomic E-state index is 0.113. The summed E-state index contributed by atoms with van der Waals surface area (Å²) >= 11 is 0. The van der Waals surface area contributed by atoms with Crippen LogP contribution < -0.4 is 0 Å². The summed E-state index contributed by atoms with van der Waals surface area (Å²) in [6.45, 7) is 3.45. The fourth-order valence-corrected chi connectivity index (χ4v) is 5.81. The highest BCUT2D eigenvalue weighted by molar-refractivity contribution is 5.68. The number of rotatable bonds is 11. The first-order chi connectivity index (χ1) is 22.6. The van der Waals surface area contributed by atoms with Crippen molar-refractivity contribution in [3.63, 3.8) is 0 Å². The van der Waals surface area contributed by atoms with Crippen LogP contribution in [0, 0.1) is 0 Å². The summed E-state index contributed by atoms with van der Waals surface area (Å²) in [4.78, 5) is 36.1. The summed E-state index contributed by atoms with van der Waals surface area (Å²) in [6.07, 6.45) is -11.8. The van der Waals surface area contributed by atoms with E-state index in [4.69, 9.17) is 47.4 Å². The van der Waals surface area contributed by atoms with Crippen molar-refractivity contribution in [2.75, 3.05) is 20.3 Å². The molecule has 47 heavy (non-hydrogen) atoms. The molecule has 0 amide bonds. The number of benzene rings is 2. The Balaban J connectivity index is 1.35. The van der Waals surface area contributed by atoms with E-state index in [-0.39, 0.29) is 19.8 Å². The Kier molecular flexibility index (Phi) is 11.9. The Morgan fingerprint density at radius 2 is 1.36 bits per heavy atom. The van der Waals surface area contributed by atoms with Crippen LogP contribution in [0.1, 0.15) is 38.2 Å². The van der Waals surface area contributed by atoms with Gasteiger partial charge in [0.05, 0.1) is 19.8 Å². The fourth-order valence-electron chi connectivity index (χ4n) is 5.81. The van der Waals surface area contributed by atoms with Crippen LogP contribution in [0.3, 0.4) is 0 Å². The summed E-state index contributed by atoms with van der Waals surface area (Å²) in [5.74, 6) is -2.13. The molecule has 256 valence electrons. The molecule has 3 saturated heterocycles. The van der Waals surface area contributed by atoms with Gasteiger partial charge >= 0.3 is 17.9 Å². The number of hydrogen-bond acceptors (Lipinski definition) is 14. The molecule has 14 nitrogen and oxygen atoms in total. The molecule has 1 N–H and O–H groups in total. The lowest BCUT2D eigenvalue weighted by Crippen LogP contribution is -2.64. The molecule has 2 aromatic carbocycles. The van der Waals surface area contributed by atoms with E-state index in [1.54, 1.807) is 0 Å². The molecule has 3 fully saturated rings. The van der Waals surface area contributed by atoms with Gasteiger partial charge in [0, 0.05) is 33.4 Å². The van der Waals surface area contributed by atoms with Crippen LogP contribution in [0.25, 0.3) is 0 Å². The summed E-state index contributed by atoms with van der Waals surface area (Å²) in [5.41, 5.74) is 1.69. The number of carbonyl (C=O) groups is 3. The van der Waals surface area contributed by atoms with E-state index in [1.807, 2.05) is 60.7 Å². The fraction of sp³-hybridized carbons (Fsp3) is 0.545. The van der Waals surface area contributed by atoms with Gasteiger partial charge in [-0.1, -0.05) is 60.7 Å². The lowest BCUT2D eigenvalue weighted by molar-refractivity contribution is -0.373. The predicted octanol–water partition coefficient (Wildman–Crippen LogP) is 1.95. The Morgan fingerprint density at radius 3 is 2.00 bits per heavy atom. The number of fused-ring (bicyclic) bond motifs is 1. The van der Waals surface area contributed by atoms with E-state index in [9.17, 15) is 19.5 Å². The van der Waals surface area contributed by atoms with E-state index < -0.39 is 85.6 Å². The van der Waals surface area contributed by atoms with Crippen molar-refractivity contribution in [3.05, 3.63) is 71.8 Å². The second-order valence-electron chi connectivity index (χ2n) is 11.3. The first kappa shape index (κ1) is 34.9. The Bertz CT molecular complexity index is 1330. The standard InChI is InChI=1S/C33H40O14/c1-18(34)42-27-24(46-33(38-4)30(44-20(3)36)29(27)43-19(2)35)17-41-32-25(37)28(39-15-21-11-7-5-8-12-21)26-23(45-32)16-40-31(47-26)22-13-9-6-10-14-22/h5-14,23-33,37H,15-17H2,1-4H3/t23-,24-,25+,26-,27-,28-,29+,30-,31-,32+,33+/m1/s1. The van der Waals surface area contributed by atoms with Crippen molar-refractivity contribution < 1.29 is 66.9 Å². The van der Waals surface area contributed by atoms with Gasteiger partial charge in [0.25, 0.3) is 0 Å². The van der Waals surface area contributed by atoms with E-state index >= 15 is 0 Å². The molecular formula is C33H40O14. The predicted molar refractivity (Wildman–Crippen MR) is 158 cm³/mol. The maximum absolute atomic E-state index is 12.1. The maximum atomic E-state index is 12.1. The number of carbonyl (C=O) groups excluding carboxylic acids is 3. The maximum Gasteiger partial charge on any atom is 0.303 e. The SMILES string of the molecule is CO[C@H]1O[C@H](CO[C@H]2O[C@@H]3CO[C@@H](c4ccccc4)O[C@H]3[C@H](OCc3ccccc3)[C@@H]2O)[C@@H](OC(C)=O)[C@H](OC(C)=O)[C@H]1OC(C)=O. The molecule has 0 aromatic heterocycles. The Labute approximate surface area is 272 Å². The van der Waals surface area contributed by atoms with Crippen LogP contribution >= 0.6 is 0 Å². The zero-order valence-corrected chi connectivity index (χ0v) is 26.5. The Morgan fingerprint density at radius 1 is 0.745 bits per heavy atom. The van der Waals surface area contributed by atoms with Crippen LogP contribution in [0.5, 0.6) is 0 Å². The molecular weight excluding hydrogens is 620 g/mol. The third-order valence-corrected chi connectivity index (χ3v) is 7.82. The number of esters is 3. The molecule has 0 spiro atoms. The van der Waals surface area contributed by atoms with Crippen LogP contribution in [-0.4, -0.2) is 105 Å². The molecule has 5 rings (SSSR count). The van der Waals surface area contributed by atoms with Gasteiger partial charge in [-0.05, 0) is 5.56 Å². The van der Waals surface area contributed by atoms with Crippen molar-refractivity contribution in [2.45, 2.75) is 95.1 Å². The number of aliphatic hydroxyl groups excluding tert-OH is 1. The molecule has 3 heterocycles. The smallest absolute Gasteiger partial charge is 0.303 e. The van der Waals surface area contributed by atoms with Gasteiger partial charge in [0.15, 0.2) is 37.2 Å². The minimum atomic E-state index is -1.35. The molecule has 3 aliphatic heterocycles. The normalized spacial score (nSPS) is 33.7. The van der Waals surface area contributed by atoms with Crippen LogP contribution in [-0.2, 0) is 68.4 Å². The van der Waals surface area contributed by atoms with Gasteiger partial charge in [-0.2, -0.15) is 0 Å². The van der Waals surface area contributed by atoms with Gasteiger partial charge in [0.2, 0.25) is 0 Å². The second-order valence-corrected chi connectivity index (χ2v) is 11.3. The molecule has 0 radical (unpaired) electrons. The van der Waals surface area contributed by atoms with Crippen molar-refractivity contribution >= 4 is 17.9 Å². The largest absolute Gasteiger partial charge is 0.456 e. The molecule has 14 heteroatoms. The molecule has 0 aliphatic carbocycles. The van der Waals surface area contributed by atoms with E-state index in [0.717, 1.165) is 18.1 Å². The average Bonchev–Trinajstić information content (AvgIpc) is 3.05. The summed E-state index contributed by atoms with van der Waals surface area (Å²) in [6, 6.07) is 18.9. The third kappa shape index (κ3) is 8.72. The van der Waals surface area contributed by atoms with Crippen molar-refractivity contribution in [2.24, 2.45) is 0 Å². The Hall–Kier alpha value is -3.47. The van der Waals surface area contributed by atoms with Crippen molar-refractivity contribution in [1.82, 2.24) is 0 Å². The molecule has 0 bridgehead atoms. The first-order valence-electron chi connectivity index (χ1n) is 15.3. The van der Waals surface area contributed by atoms with Gasteiger partial charge in [0.1, 0.15) is 30.5 Å². The molecule has 11 atom stereocenters. The highest BCUT2D eigenvalue weighted by atomic mass is 16.8. The number of aliphatic hydroxyl groups is 1. The zero-order chi connectivity index (χ0) is 33.5. The number of hydrogen-bond donors (Lipinski definition) is 1. The zero-order valence-electron chi connectivity index (χ0n) is 26.5. The topological polar surface area (TPSA) is 164 Å². The molecule has 0 unspecified atom stereocenters. The lowest BCUT2D eigenvalue weighted by atomic mass is 9.96. The average molecular weight is 661 g/mol. The van der Waals surface area contributed by atoms with E-state index in [2.05, 4.69) is 0 Å².